The van der Waals surface area contributed by atoms with Crippen molar-refractivity contribution in [1.82, 2.24) is 4.90 Å². The third kappa shape index (κ3) is 3.70. The van der Waals surface area contributed by atoms with Crippen molar-refractivity contribution in [3.63, 3.8) is 0 Å². The second-order valence-electron chi connectivity index (χ2n) is 4.45. The van der Waals surface area contributed by atoms with E-state index in [1.54, 1.807) is 7.11 Å². The van der Waals surface area contributed by atoms with Gasteiger partial charge in [-0.3, -0.25) is 4.90 Å². The second kappa shape index (κ2) is 7.36. The third-order valence-corrected chi connectivity index (χ3v) is 3.25. The molecule has 0 aliphatic rings. The van der Waals surface area contributed by atoms with E-state index in [2.05, 4.69) is 24.8 Å². The van der Waals surface area contributed by atoms with Gasteiger partial charge >= 0.3 is 0 Å². The molecule has 0 amide bonds. The van der Waals surface area contributed by atoms with Crippen LogP contribution in [0.1, 0.15) is 25.5 Å². The topological polar surface area (TPSA) is 58.7 Å². The minimum absolute atomic E-state index is 0.00907. The van der Waals surface area contributed by atoms with E-state index in [9.17, 15) is 0 Å². The maximum Gasteiger partial charge on any atom is 0.123 e. The molecular formula is C14H24N2O2. The van der Waals surface area contributed by atoms with Crippen molar-refractivity contribution in [2.45, 2.75) is 25.9 Å². The Labute approximate surface area is 109 Å². The molecule has 0 aliphatic carbocycles. The van der Waals surface area contributed by atoms with Gasteiger partial charge in [0.2, 0.25) is 0 Å². The largest absolute Gasteiger partial charge is 0.496 e. The van der Waals surface area contributed by atoms with E-state index < -0.39 is 0 Å². The Morgan fingerprint density at radius 3 is 2.61 bits per heavy atom. The summed E-state index contributed by atoms with van der Waals surface area (Å²) in [4.78, 5) is 2.23. The highest BCUT2D eigenvalue weighted by Crippen LogP contribution is 2.28. The molecule has 0 saturated carbocycles. The van der Waals surface area contributed by atoms with E-state index in [1.807, 2.05) is 18.2 Å². The van der Waals surface area contributed by atoms with Crippen LogP contribution in [0, 0.1) is 0 Å². The molecule has 0 unspecified atom stereocenters. The lowest BCUT2D eigenvalue weighted by Crippen LogP contribution is -2.41. The van der Waals surface area contributed by atoms with Crippen LogP contribution >= 0.6 is 0 Å². The molecule has 0 fully saturated rings. The standard InChI is InChI=1S/C14H24N2O2/c1-4-16(9-12(15)10-17)11(2)13-7-5-6-8-14(13)18-3/h5-8,11-12,17H,4,9-10,15H2,1-3H3/t11-,12-/m0/s1. The van der Waals surface area contributed by atoms with Crippen molar-refractivity contribution in [3.8, 4) is 5.75 Å². The Morgan fingerprint density at radius 1 is 1.39 bits per heavy atom. The maximum absolute atomic E-state index is 9.06. The zero-order valence-corrected chi connectivity index (χ0v) is 11.5. The van der Waals surface area contributed by atoms with Crippen molar-refractivity contribution in [1.29, 1.82) is 0 Å². The zero-order valence-electron chi connectivity index (χ0n) is 11.5. The van der Waals surface area contributed by atoms with Gasteiger partial charge in [-0.2, -0.15) is 0 Å². The maximum atomic E-state index is 9.06. The molecule has 0 radical (unpaired) electrons. The van der Waals surface area contributed by atoms with Crippen LogP contribution in [-0.4, -0.2) is 42.9 Å². The summed E-state index contributed by atoms with van der Waals surface area (Å²) in [5.74, 6) is 0.890. The van der Waals surface area contributed by atoms with Crippen LogP contribution in [0.4, 0.5) is 0 Å². The van der Waals surface area contributed by atoms with Crippen molar-refractivity contribution in [2.75, 3.05) is 26.8 Å². The Balaban J connectivity index is 2.85. The Hall–Kier alpha value is -1.10. The summed E-state index contributed by atoms with van der Waals surface area (Å²) in [6, 6.07) is 8.01. The third-order valence-electron chi connectivity index (χ3n) is 3.25. The summed E-state index contributed by atoms with van der Waals surface area (Å²) < 4.78 is 5.39. The molecule has 4 heteroatoms. The number of ether oxygens (including phenoxy) is 1. The predicted octanol–water partition coefficient (Wildman–Crippen LogP) is 1.40. The highest BCUT2D eigenvalue weighted by molar-refractivity contribution is 5.35. The molecule has 1 aromatic carbocycles. The van der Waals surface area contributed by atoms with Crippen molar-refractivity contribution >= 4 is 0 Å². The van der Waals surface area contributed by atoms with Gasteiger partial charge in [-0.1, -0.05) is 25.1 Å². The smallest absolute Gasteiger partial charge is 0.123 e. The van der Waals surface area contributed by atoms with Crippen LogP contribution in [-0.2, 0) is 0 Å². The lowest BCUT2D eigenvalue weighted by Gasteiger charge is -2.30. The summed E-state index contributed by atoms with van der Waals surface area (Å²) in [6.07, 6.45) is 0. The first kappa shape index (κ1) is 15.0. The lowest BCUT2D eigenvalue weighted by atomic mass is 10.0. The summed E-state index contributed by atoms with van der Waals surface area (Å²) in [5.41, 5.74) is 6.96. The molecule has 0 aromatic heterocycles. The molecule has 4 nitrogen and oxygen atoms in total. The highest BCUT2D eigenvalue weighted by Gasteiger charge is 2.19. The molecule has 18 heavy (non-hydrogen) atoms. The normalized spacial score (nSPS) is 14.6. The number of aliphatic hydroxyl groups is 1. The fourth-order valence-electron chi connectivity index (χ4n) is 2.13. The Morgan fingerprint density at radius 2 is 2.06 bits per heavy atom. The average Bonchev–Trinajstić information content (AvgIpc) is 2.43. The van der Waals surface area contributed by atoms with Gasteiger partial charge < -0.3 is 15.6 Å². The predicted molar refractivity (Wildman–Crippen MR) is 73.7 cm³/mol. The van der Waals surface area contributed by atoms with Crippen LogP contribution in [0.25, 0.3) is 0 Å². The molecule has 0 bridgehead atoms. The molecule has 0 spiro atoms. The summed E-state index contributed by atoms with van der Waals surface area (Å²) in [5, 5.41) is 9.06. The number of hydrogen-bond acceptors (Lipinski definition) is 4. The Kier molecular flexibility index (Phi) is 6.12. The van der Waals surface area contributed by atoms with Gasteiger partial charge in [0.1, 0.15) is 5.75 Å². The number of aliphatic hydroxyl groups excluding tert-OH is 1. The highest BCUT2D eigenvalue weighted by atomic mass is 16.5. The fraction of sp³-hybridized carbons (Fsp3) is 0.571. The zero-order chi connectivity index (χ0) is 13.5. The Bertz CT molecular complexity index is 357. The molecule has 0 heterocycles. The van der Waals surface area contributed by atoms with Crippen LogP contribution in [0.2, 0.25) is 0 Å². The SMILES string of the molecule is CCN(C[C@H](N)CO)[C@@H](C)c1ccccc1OC. The minimum Gasteiger partial charge on any atom is -0.496 e. The molecule has 2 atom stereocenters. The monoisotopic (exact) mass is 252 g/mol. The first-order valence-electron chi connectivity index (χ1n) is 6.37. The molecule has 1 aromatic rings. The van der Waals surface area contributed by atoms with Gasteiger partial charge in [-0.25, -0.2) is 0 Å². The van der Waals surface area contributed by atoms with Crippen molar-refractivity contribution in [2.24, 2.45) is 5.73 Å². The number of nitrogens with zero attached hydrogens (tertiary/aromatic N) is 1. The summed E-state index contributed by atoms with van der Waals surface area (Å²) in [6.45, 7) is 5.79. The van der Waals surface area contributed by atoms with Crippen LogP contribution in [0.5, 0.6) is 5.75 Å². The van der Waals surface area contributed by atoms with Gasteiger partial charge in [0, 0.05) is 24.2 Å². The van der Waals surface area contributed by atoms with Gasteiger partial charge in [0.05, 0.1) is 13.7 Å². The fourth-order valence-corrected chi connectivity index (χ4v) is 2.13. The lowest BCUT2D eigenvalue weighted by molar-refractivity contribution is 0.171. The number of likely N-dealkylation sites (N-methyl/N-ethyl adjacent to an activating group) is 1. The first-order chi connectivity index (χ1) is 8.63. The van der Waals surface area contributed by atoms with Gasteiger partial charge in [0.15, 0.2) is 0 Å². The molecule has 102 valence electrons. The van der Waals surface area contributed by atoms with E-state index in [4.69, 9.17) is 15.6 Å². The number of methoxy groups -OCH3 is 1. The number of benzene rings is 1. The van der Waals surface area contributed by atoms with E-state index in [1.165, 1.54) is 0 Å². The van der Waals surface area contributed by atoms with Crippen molar-refractivity contribution in [3.05, 3.63) is 29.8 Å². The molecule has 3 N–H and O–H groups in total. The molecule has 1 rings (SSSR count). The van der Waals surface area contributed by atoms with Crippen LogP contribution in [0.15, 0.2) is 24.3 Å². The van der Waals surface area contributed by atoms with Crippen LogP contribution < -0.4 is 10.5 Å². The van der Waals surface area contributed by atoms with E-state index in [0.29, 0.717) is 6.54 Å². The average molecular weight is 252 g/mol. The van der Waals surface area contributed by atoms with E-state index >= 15 is 0 Å². The summed E-state index contributed by atoms with van der Waals surface area (Å²) in [7, 11) is 1.68. The molecule has 0 saturated heterocycles. The van der Waals surface area contributed by atoms with E-state index in [0.717, 1.165) is 17.9 Å². The van der Waals surface area contributed by atoms with Crippen LogP contribution in [0.3, 0.4) is 0 Å². The minimum atomic E-state index is -0.206. The number of nitrogens with two attached hydrogens (primary N) is 1. The number of rotatable bonds is 7. The number of para-hydroxylation sites is 1. The van der Waals surface area contributed by atoms with Gasteiger partial charge in [-0.15, -0.1) is 0 Å². The second-order valence-corrected chi connectivity index (χ2v) is 4.45. The number of hydrogen-bond donors (Lipinski definition) is 2. The molecule has 0 aliphatic heterocycles. The van der Waals surface area contributed by atoms with Gasteiger partial charge in [-0.05, 0) is 19.5 Å². The van der Waals surface area contributed by atoms with Gasteiger partial charge in [0.25, 0.3) is 0 Å². The summed E-state index contributed by atoms with van der Waals surface area (Å²) >= 11 is 0. The van der Waals surface area contributed by atoms with Crippen molar-refractivity contribution < 1.29 is 9.84 Å². The molecular weight excluding hydrogens is 228 g/mol. The quantitative estimate of drug-likeness (QED) is 0.770. The van der Waals surface area contributed by atoms with E-state index in [-0.39, 0.29) is 18.7 Å². The first-order valence-corrected chi connectivity index (χ1v) is 6.37.